The Bertz CT molecular complexity index is 1310. The number of aliphatic imine (C=N–C) groups is 1. The molecule has 1 aromatic heterocycles. The summed E-state index contributed by atoms with van der Waals surface area (Å²) in [4.78, 5) is 6.78. The first-order valence-corrected chi connectivity index (χ1v) is 14.8. The summed E-state index contributed by atoms with van der Waals surface area (Å²) in [7, 11) is 1.50. The van der Waals surface area contributed by atoms with E-state index in [1.165, 1.54) is 7.05 Å². The van der Waals surface area contributed by atoms with E-state index in [0.29, 0.717) is 33.8 Å². The van der Waals surface area contributed by atoms with Crippen molar-refractivity contribution in [2.24, 2.45) is 22.2 Å². The molecule has 0 aliphatic carbocycles. The van der Waals surface area contributed by atoms with Gasteiger partial charge >= 0.3 is 0 Å². The fraction of sp³-hybridized carbons (Fsp3) is 0.276. The van der Waals surface area contributed by atoms with Crippen LogP contribution in [-0.4, -0.2) is 25.8 Å². The molecular weight excluding hydrogens is 589 g/mol. The number of allylic oxidation sites excluding steroid dienone is 1. The van der Waals surface area contributed by atoms with Crippen LogP contribution < -0.4 is 21.9 Å². The summed E-state index contributed by atoms with van der Waals surface area (Å²) in [5.74, 6) is 6.41. The molecule has 0 atom stereocenters. The Balaban J connectivity index is 0.00000260. The largest absolute Gasteiger partial charge is 0.402 e. The van der Waals surface area contributed by atoms with E-state index in [2.05, 4.69) is 35.1 Å². The summed E-state index contributed by atoms with van der Waals surface area (Å²) in [6, 6.07) is 16.7. The second-order valence-corrected chi connectivity index (χ2v) is 10.9. The number of rotatable bonds is 11. The number of hydrogen-bond acceptors (Lipinski definition) is 7. The molecule has 1 heterocycles. The molecule has 0 saturated carbocycles. The van der Waals surface area contributed by atoms with Crippen LogP contribution >= 0.6 is 59.0 Å². The van der Waals surface area contributed by atoms with Crippen molar-refractivity contribution in [2.75, 3.05) is 20.1 Å². The van der Waals surface area contributed by atoms with E-state index in [9.17, 15) is 0 Å². The van der Waals surface area contributed by atoms with E-state index < -0.39 is 0 Å². The minimum Gasteiger partial charge on any atom is -0.402 e. The van der Waals surface area contributed by atoms with Crippen molar-refractivity contribution in [2.45, 2.75) is 32.1 Å². The van der Waals surface area contributed by atoms with Crippen molar-refractivity contribution in [1.29, 1.82) is 0 Å². The predicted octanol–water partition coefficient (Wildman–Crippen LogP) is 7.36. The average molecular weight is 623 g/mol. The fourth-order valence-electron chi connectivity index (χ4n) is 3.56. The highest BCUT2D eigenvalue weighted by Gasteiger charge is 2.17. The number of hydrogen-bond donors (Lipinski definition) is 5. The third-order valence-electron chi connectivity index (χ3n) is 5.49. The lowest BCUT2D eigenvalue weighted by atomic mass is 10.0. The summed E-state index contributed by atoms with van der Waals surface area (Å²) in [5, 5.41) is 1.69. The van der Waals surface area contributed by atoms with Crippen LogP contribution in [0, 0.1) is 11.8 Å². The highest BCUT2D eigenvalue weighted by Crippen LogP contribution is 2.31. The lowest BCUT2D eigenvalue weighted by Crippen LogP contribution is -2.20. The van der Waals surface area contributed by atoms with Crippen LogP contribution in [0.5, 0.6) is 0 Å². The van der Waals surface area contributed by atoms with E-state index in [0.717, 1.165) is 64.4 Å². The standard InChI is InChI=1S/C28H29Cl3N4S2.CH5N/c29-20-9-6-19(7-10-20)8-12-22-13-15-27(37-22)28(35-26-14-11-21(30)17-24(26)31)23(18-34-36)25(33)5-3-1-2-4-16-32;1-2/h6-7,9-11,13-15,17,34,36H,1-5,16,18,32-33H2;2H2,1H3/b25-23-,35-28?;. The third kappa shape index (κ3) is 11.2. The zero-order chi connectivity index (χ0) is 28.6. The van der Waals surface area contributed by atoms with Gasteiger partial charge in [0.05, 0.1) is 26.2 Å². The zero-order valence-electron chi connectivity index (χ0n) is 21.8. The van der Waals surface area contributed by atoms with E-state index in [-0.39, 0.29) is 0 Å². The maximum Gasteiger partial charge on any atom is 0.0872 e. The van der Waals surface area contributed by atoms with Crippen molar-refractivity contribution >= 4 is 70.4 Å². The Morgan fingerprint density at radius 2 is 1.62 bits per heavy atom. The van der Waals surface area contributed by atoms with Crippen LogP contribution in [0.2, 0.25) is 15.1 Å². The quantitative estimate of drug-likeness (QED) is 0.0667. The zero-order valence-corrected chi connectivity index (χ0v) is 25.8. The number of nitrogens with one attached hydrogen (secondary N) is 1. The molecule has 7 N–H and O–H groups in total. The minimum absolute atomic E-state index is 0.436. The van der Waals surface area contributed by atoms with E-state index >= 15 is 0 Å². The molecule has 3 rings (SSSR count). The molecule has 208 valence electrons. The molecule has 0 saturated heterocycles. The van der Waals surface area contributed by atoms with Crippen LogP contribution in [0.1, 0.15) is 47.4 Å². The molecule has 10 heteroatoms. The average Bonchev–Trinajstić information content (AvgIpc) is 3.41. The van der Waals surface area contributed by atoms with E-state index in [1.54, 1.807) is 29.5 Å². The number of halogens is 3. The van der Waals surface area contributed by atoms with Gasteiger partial charge in [-0.05, 0) is 87.5 Å². The van der Waals surface area contributed by atoms with Crippen LogP contribution in [0.3, 0.4) is 0 Å². The molecule has 3 aromatic rings. The minimum atomic E-state index is 0.436. The fourth-order valence-corrected chi connectivity index (χ4v) is 5.17. The van der Waals surface area contributed by atoms with Crippen LogP contribution in [0.25, 0.3) is 0 Å². The second-order valence-electron chi connectivity index (χ2n) is 8.27. The molecule has 0 aliphatic rings. The Morgan fingerprint density at radius 3 is 2.28 bits per heavy atom. The van der Waals surface area contributed by atoms with Crippen molar-refractivity contribution in [3.63, 3.8) is 0 Å². The Labute approximate surface area is 256 Å². The lowest BCUT2D eigenvalue weighted by molar-refractivity contribution is 0.641. The maximum absolute atomic E-state index is 6.64. The van der Waals surface area contributed by atoms with Crippen molar-refractivity contribution in [1.82, 2.24) is 4.72 Å². The van der Waals surface area contributed by atoms with Crippen molar-refractivity contribution in [3.05, 3.63) is 96.3 Å². The van der Waals surface area contributed by atoms with Crippen LogP contribution in [0.4, 0.5) is 5.69 Å². The van der Waals surface area contributed by atoms with E-state index in [4.69, 9.17) is 51.3 Å². The van der Waals surface area contributed by atoms with Gasteiger partial charge in [-0.15, -0.1) is 11.3 Å². The first kappa shape index (κ1) is 33.2. The van der Waals surface area contributed by atoms with Crippen molar-refractivity contribution in [3.8, 4) is 11.8 Å². The summed E-state index contributed by atoms with van der Waals surface area (Å²) >= 11 is 24.4. The summed E-state index contributed by atoms with van der Waals surface area (Å²) < 4.78 is 2.95. The van der Waals surface area contributed by atoms with Gasteiger partial charge in [-0.3, -0.25) is 4.72 Å². The maximum atomic E-state index is 6.64. The SMILES string of the molecule is CN.NCCCCCC/C(N)=C(\CNS)C(=Nc1ccc(Cl)cc1Cl)c1ccc(C#Cc2ccc(Cl)cc2)s1. The Kier molecular flexibility index (Phi) is 15.7. The molecule has 0 radical (unpaired) electrons. The molecule has 0 bridgehead atoms. The number of unbranched alkanes of at least 4 members (excludes halogenated alkanes) is 3. The summed E-state index contributed by atoms with van der Waals surface area (Å²) in [6.45, 7) is 1.14. The molecule has 0 amide bonds. The highest BCUT2D eigenvalue weighted by molar-refractivity contribution is 7.78. The highest BCUT2D eigenvalue weighted by atomic mass is 35.5. The van der Waals surface area contributed by atoms with Gasteiger partial charge in [0.2, 0.25) is 0 Å². The molecule has 0 unspecified atom stereocenters. The number of benzene rings is 2. The van der Waals surface area contributed by atoms with Gasteiger partial charge in [-0.2, -0.15) is 0 Å². The Morgan fingerprint density at radius 1 is 0.923 bits per heavy atom. The number of thiol groups is 1. The normalized spacial score (nSPS) is 11.7. The van der Waals surface area contributed by atoms with Gasteiger partial charge in [-0.25, -0.2) is 4.99 Å². The number of thiophene rings is 1. The monoisotopic (exact) mass is 621 g/mol. The summed E-state index contributed by atoms with van der Waals surface area (Å²) in [5.41, 5.74) is 20.6. The molecule has 0 aliphatic heterocycles. The molecule has 0 spiro atoms. The predicted molar refractivity (Wildman–Crippen MR) is 175 cm³/mol. The van der Waals surface area contributed by atoms with Gasteiger partial charge in [0.1, 0.15) is 0 Å². The van der Waals surface area contributed by atoms with Gasteiger partial charge in [0.25, 0.3) is 0 Å². The molecule has 2 aromatic carbocycles. The van der Waals surface area contributed by atoms with Crippen molar-refractivity contribution < 1.29 is 0 Å². The van der Waals surface area contributed by atoms with Gasteiger partial charge < -0.3 is 17.2 Å². The van der Waals surface area contributed by atoms with Crippen LogP contribution in [0.15, 0.2) is 70.9 Å². The second kappa shape index (κ2) is 18.4. The molecule has 5 nitrogen and oxygen atoms in total. The summed E-state index contributed by atoms with van der Waals surface area (Å²) in [6.07, 6.45) is 4.90. The first-order chi connectivity index (χ1) is 18.9. The van der Waals surface area contributed by atoms with Crippen LogP contribution in [-0.2, 0) is 0 Å². The lowest BCUT2D eigenvalue weighted by Gasteiger charge is -2.15. The van der Waals surface area contributed by atoms with Gasteiger partial charge in [-0.1, -0.05) is 72.3 Å². The first-order valence-electron chi connectivity index (χ1n) is 12.5. The molecule has 39 heavy (non-hydrogen) atoms. The third-order valence-corrected chi connectivity index (χ3v) is 7.44. The number of nitrogens with two attached hydrogens (primary N) is 3. The molecule has 0 fully saturated rings. The Hall–Kier alpha value is -1.99. The number of nitrogens with zero attached hydrogens (tertiary/aromatic N) is 1. The molecular formula is C29H34Cl3N5S2. The smallest absolute Gasteiger partial charge is 0.0872 e. The van der Waals surface area contributed by atoms with Gasteiger partial charge in [0, 0.05) is 33.4 Å². The van der Waals surface area contributed by atoms with Gasteiger partial charge in [0.15, 0.2) is 0 Å². The van der Waals surface area contributed by atoms with E-state index in [1.807, 2.05) is 36.4 Å². The topological polar surface area (TPSA) is 102 Å².